The number of hydrogen-bond acceptors (Lipinski definition) is 3. The first-order valence-electron chi connectivity index (χ1n) is 8.03. The van der Waals surface area contributed by atoms with Crippen molar-refractivity contribution in [1.29, 1.82) is 0 Å². The third-order valence-corrected chi connectivity index (χ3v) is 4.35. The van der Waals surface area contributed by atoms with Crippen LogP contribution >= 0.6 is 11.6 Å². The van der Waals surface area contributed by atoms with Gasteiger partial charge in [0.05, 0.1) is 23.2 Å². The van der Waals surface area contributed by atoms with Crippen LogP contribution in [0.15, 0.2) is 80.8 Å². The SMILES string of the molecule is Cc1ccc2oc(-c3ccccc3Cl)cc(=NCc3ccco3)c2c1. The molecule has 2 aromatic heterocycles. The molecule has 0 atom stereocenters. The van der Waals surface area contributed by atoms with Gasteiger partial charge in [0.25, 0.3) is 0 Å². The average Bonchev–Trinajstić information content (AvgIpc) is 3.13. The lowest BCUT2D eigenvalue weighted by atomic mass is 10.1. The predicted molar refractivity (Wildman–Crippen MR) is 99.4 cm³/mol. The molecule has 2 heterocycles. The molecule has 0 aliphatic heterocycles. The minimum atomic E-state index is 0.474. The molecule has 2 aromatic carbocycles. The van der Waals surface area contributed by atoms with Crippen molar-refractivity contribution < 1.29 is 8.83 Å². The fraction of sp³-hybridized carbons (Fsp3) is 0.0952. The maximum absolute atomic E-state index is 6.34. The van der Waals surface area contributed by atoms with Gasteiger partial charge in [-0.25, -0.2) is 0 Å². The van der Waals surface area contributed by atoms with E-state index in [0.717, 1.165) is 33.2 Å². The number of halogens is 1. The fourth-order valence-electron chi connectivity index (χ4n) is 2.77. The quantitative estimate of drug-likeness (QED) is 0.472. The zero-order valence-electron chi connectivity index (χ0n) is 13.7. The maximum atomic E-state index is 6.34. The molecule has 0 radical (unpaired) electrons. The minimum Gasteiger partial charge on any atom is -0.467 e. The van der Waals surface area contributed by atoms with Gasteiger partial charge in [-0.05, 0) is 43.3 Å². The second-order valence-electron chi connectivity index (χ2n) is 5.87. The molecule has 4 aromatic rings. The molecule has 0 aliphatic rings. The number of fused-ring (bicyclic) bond motifs is 1. The molecule has 0 saturated heterocycles. The van der Waals surface area contributed by atoms with Crippen LogP contribution in [0.5, 0.6) is 0 Å². The molecule has 25 heavy (non-hydrogen) atoms. The van der Waals surface area contributed by atoms with Crippen molar-refractivity contribution in [2.45, 2.75) is 13.5 Å². The van der Waals surface area contributed by atoms with E-state index in [1.165, 1.54) is 0 Å². The Morgan fingerprint density at radius 1 is 1.00 bits per heavy atom. The van der Waals surface area contributed by atoms with Crippen molar-refractivity contribution in [2.75, 3.05) is 0 Å². The molecular formula is C21H16ClNO2. The number of benzene rings is 2. The second kappa shape index (κ2) is 6.61. The van der Waals surface area contributed by atoms with Crippen molar-refractivity contribution in [3.8, 4) is 11.3 Å². The van der Waals surface area contributed by atoms with E-state index < -0.39 is 0 Å². The van der Waals surface area contributed by atoms with Crippen LogP contribution in [-0.4, -0.2) is 0 Å². The van der Waals surface area contributed by atoms with E-state index in [1.807, 2.05) is 54.6 Å². The van der Waals surface area contributed by atoms with Gasteiger partial charge in [0.15, 0.2) is 0 Å². The third kappa shape index (κ3) is 3.24. The molecular weight excluding hydrogens is 334 g/mol. The molecule has 3 nitrogen and oxygen atoms in total. The minimum absolute atomic E-state index is 0.474. The second-order valence-corrected chi connectivity index (χ2v) is 6.28. The lowest BCUT2D eigenvalue weighted by Gasteiger charge is -2.07. The first kappa shape index (κ1) is 15.7. The average molecular weight is 350 g/mol. The van der Waals surface area contributed by atoms with E-state index in [4.69, 9.17) is 25.4 Å². The molecule has 0 aliphatic carbocycles. The highest BCUT2D eigenvalue weighted by Gasteiger charge is 2.09. The van der Waals surface area contributed by atoms with Gasteiger partial charge in [-0.2, -0.15) is 0 Å². The summed E-state index contributed by atoms with van der Waals surface area (Å²) in [6.07, 6.45) is 1.66. The van der Waals surface area contributed by atoms with Gasteiger partial charge in [0.2, 0.25) is 0 Å². The largest absolute Gasteiger partial charge is 0.467 e. The van der Waals surface area contributed by atoms with Gasteiger partial charge >= 0.3 is 0 Å². The number of aryl methyl sites for hydroxylation is 1. The smallest absolute Gasteiger partial charge is 0.138 e. The Kier molecular flexibility index (Phi) is 4.16. The molecule has 4 rings (SSSR count). The van der Waals surface area contributed by atoms with E-state index >= 15 is 0 Å². The summed E-state index contributed by atoms with van der Waals surface area (Å²) in [7, 11) is 0. The summed E-state index contributed by atoms with van der Waals surface area (Å²) in [5.74, 6) is 1.51. The summed E-state index contributed by atoms with van der Waals surface area (Å²) in [5.41, 5.74) is 2.78. The van der Waals surface area contributed by atoms with E-state index in [1.54, 1.807) is 6.26 Å². The monoisotopic (exact) mass is 349 g/mol. The molecule has 124 valence electrons. The van der Waals surface area contributed by atoms with Gasteiger partial charge in [-0.1, -0.05) is 35.4 Å². The van der Waals surface area contributed by atoms with Crippen LogP contribution in [0.2, 0.25) is 5.02 Å². The Balaban J connectivity index is 1.93. The van der Waals surface area contributed by atoms with Crippen LogP contribution in [0.1, 0.15) is 11.3 Å². The van der Waals surface area contributed by atoms with E-state index in [2.05, 4.69) is 13.0 Å². The van der Waals surface area contributed by atoms with Crippen molar-refractivity contribution in [2.24, 2.45) is 4.99 Å². The Morgan fingerprint density at radius 2 is 1.88 bits per heavy atom. The summed E-state index contributed by atoms with van der Waals surface area (Å²) in [6, 6.07) is 19.4. The summed E-state index contributed by atoms with van der Waals surface area (Å²) in [5, 5.41) is 2.48. The molecule has 0 unspecified atom stereocenters. The lowest BCUT2D eigenvalue weighted by molar-refractivity contribution is 0.511. The Hall–Kier alpha value is -2.78. The summed E-state index contributed by atoms with van der Waals surface area (Å²) in [4.78, 5) is 4.74. The number of nitrogens with zero attached hydrogens (tertiary/aromatic N) is 1. The van der Waals surface area contributed by atoms with Gasteiger partial charge in [0.1, 0.15) is 17.1 Å². The maximum Gasteiger partial charge on any atom is 0.138 e. The molecule has 4 heteroatoms. The van der Waals surface area contributed by atoms with Crippen LogP contribution < -0.4 is 5.36 Å². The van der Waals surface area contributed by atoms with E-state index in [9.17, 15) is 0 Å². The normalized spacial score (nSPS) is 12.0. The zero-order valence-corrected chi connectivity index (χ0v) is 14.5. The van der Waals surface area contributed by atoms with Crippen LogP contribution in [0.4, 0.5) is 0 Å². The Labute approximate surface area is 150 Å². The summed E-state index contributed by atoms with van der Waals surface area (Å²) in [6.45, 7) is 2.53. The van der Waals surface area contributed by atoms with E-state index in [-0.39, 0.29) is 0 Å². The van der Waals surface area contributed by atoms with Crippen molar-refractivity contribution in [3.05, 3.63) is 88.6 Å². The Morgan fingerprint density at radius 3 is 2.68 bits per heavy atom. The lowest BCUT2D eigenvalue weighted by Crippen LogP contribution is -2.05. The van der Waals surface area contributed by atoms with Crippen LogP contribution in [0, 0.1) is 6.92 Å². The zero-order chi connectivity index (χ0) is 17.2. The molecule has 0 spiro atoms. The standard InChI is InChI=1S/C21H16ClNO2/c1-14-8-9-20-17(11-14)19(23-13-15-5-4-10-24-15)12-21(25-20)16-6-2-3-7-18(16)22/h2-12H,13H2,1H3. The van der Waals surface area contributed by atoms with Crippen molar-refractivity contribution in [1.82, 2.24) is 0 Å². The highest BCUT2D eigenvalue weighted by molar-refractivity contribution is 6.33. The van der Waals surface area contributed by atoms with Crippen LogP contribution in [0.3, 0.4) is 0 Å². The number of furan rings is 1. The molecule has 0 bridgehead atoms. The topological polar surface area (TPSA) is 38.6 Å². The highest BCUT2D eigenvalue weighted by Crippen LogP contribution is 2.28. The van der Waals surface area contributed by atoms with Crippen molar-refractivity contribution in [3.63, 3.8) is 0 Å². The molecule has 0 fully saturated rings. The van der Waals surface area contributed by atoms with Gasteiger partial charge < -0.3 is 8.83 Å². The van der Waals surface area contributed by atoms with Gasteiger partial charge in [0, 0.05) is 17.0 Å². The van der Waals surface area contributed by atoms with Crippen molar-refractivity contribution >= 4 is 22.6 Å². The fourth-order valence-corrected chi connectivity index (χ4v) is 3.00. The highest BCUT2D eigenvalue weighted by atomic mass is 35.5. The third-order valence-electron chi connectivity index (χ3n) is 4.02. The first-order valence-corrected chi connectivity index (χ1v) is 8.41. The van der Waals surface area contributed by atoms with E-state index in [0.29, 0.717) is 17.3 Å². The Bertz CT molecular complexity index is 1090. The molecule has 0 amide bonds. The summed E-state index contributed by atoms with van der Waals surface area (Å²) < 4.78 is 11.5. The number of rotatable bonds is 3. The van der Waals surface area contributed by atoms with Crippen LogP contribution in [-0.2, 0) is 6.54 Å². The first-order chi connectivity index (χ1) is 12.2. The number of hydrogen-bond donors (Lipinski definition) is 0. The van der Waals surface area contributed by atoms with Gasteiger partial charge in [-0.3, -0.25) is 4.99 Å². The van der Waals surface area contributed by atoms with Crippen LogP contribution in [0.25, 0.3) is 22.3 Å². The van der Waals surface area contributed by atoms with Gasteiger partial charge in [-0.15, -0.1) is 0 Å². The summed E-state index contributed by atoms with van der Waals surface area (Å²) >= 11 is 6.34. The predicted octanol–water partition coefficient (Wildman–Crippen LogP) is 5.76. The molecule has 0 saturated carbocycles. The molecule has 0 N–H and O–H groups in total.